The van der Waals surface area contributed by atoms with Gasteiger partial charge in [0.2, 0.25) is 0 Å². The third-order valence-corrected chi connectivity index (χ3v) is 3.28. The zero-order valence-corrected chi connectivity index (χ0v) is 12.3. The van der Waals surface area contributed by atoms with Gasteiger partial charge in [-0.3, -0.25) is 4.79 Å². The van der Waals surface area contributed by atoms with Gasteiger partial charge in [-0.15, -0.1) is 0 Å². The lowest BCUT2D eigenvalue weighted by atomic mass is 10.1. The lowest BCUT2D eigenvalue weighted by Gasteiger charge is -2.17. The maximum absolute atomic E-state index is 12.6. The number of aliphatic hydroxyl groups excluding tert-OH is 1. The zero-order valence-electron chi connectivity index (χ0n) is 12.3. The standard InChI is InChI=1S/C16H16F3NO3/c1-10(8-13(21)14-6-3-7-23-14)20-15(22)11-4-2-5-12(9-11)16(17,18)19/h2-7,9-10,13,21H,8H2,1H3,(H,20,22). The summed E-state index contributed by atoms with van der Waals surface area (Å²) in [5.41, 5.74) is -0.965. The quantitative estimate of drug-likeness (QED) is 0.883. The van der Waals surface area contributed by atoms with Crippen molar-refractivity contribution in [2.24, 2.45) is 0 Å². The number of carbonyl (C=O) groups excluding carboxylic acids is 1. The second-order valence-electron chi connectivity index (χ2n) is 5.22. The Balaban J connectivity index is 1.98. The molecule has 2 unspecified atom stereocenters. The van der Waals surface area contributed by atoms with Crippen molar-refractivity contribution in [2.45, 2.75) is 31.7 Å². The number of amides is 1. The van der Waals surface area contributed by atoms with Crippen LogP contribution in [0.3, 0.4) is 0 Å². The van der Waals surface area contributed by atoms with Crippen molar-refractivity contribution < 1.29 is 27.5 Å². The fourth-order valence-corrected chi connectivity index (χ4v) is 2.13. The largest absolute Gasteiger partial charge is 0.467 e. The molecule has 0 aliphatic carbocycles. The van der Waals surface area contributed by atoms with Crippen LogP contribution in [0.15, 0.2) is 47.1 Å². The molecule has 1 aromatic carbocycles. The van der Waals surface area contributed by atoms with E-state index in [1.54, 1.807) is 19.1 Å². The van der Waals surface area contributed by atoms with Crippen LogP contribution in [0.25, 0.3) is 0 Å². The number of furan rings is 1. The Morgan fingerprint density at radius 2 is 2.04 bits per heavy atom. The molecule has 0 aliphatic heterocycles. The van der Waals surface area contributed by atoms with E-state index in [9.17, 15) is 23.1 Å². The number of nitrogens with one attached hydrogen (secondary N) is 1. The van der Waals surface area contributed by atoms with Crippen LogP contribution in [0.5, 0.6) is 0 Å². The number of hydrogen-bond acceptors (Lipinski definition) is 3. The van der Waals surface area contributed by atoms with E-state index >= 15 is 0 Å². The molecule has 124 valence electrons. The van der Waals surface area contributed by atoms with E-state index in [1.165, 1.54) is 18.4 Å². The summed E-state index contributed by atoms with van der Waals surface area (Å²) in [7, 11) is 0. The van der Waals surface area contributed by atoms with Gasteiger partial charge in [-0.2, -0.15) is 13.2 Å². The van der Waals surface area contributed by atoms with Gasteiger partial charge in [0.25, 0.3) is 5.91 Å². The van der Waals surface area contributed by atoms with E-state index < -0.39 is 29.8 Å². The van der Waals surface area contributed by atoms with Gasteiger partial charge in [0.05, 0.1) is 11.8 Å². The zero-order chi connectivity index (χ0) is 17.0. The van der Waals surface area contributed by atoms with Gasteiger partial charge < -0.3 is 14.8 Å². The molecule has 0 fully saturated rings. The number of rotatable bonds is 5. The molecule has 2 atom stereocenters. The molecule has 0 aliphatic rings. The molecule has 0 saturated carbocycles. The van der Waals surface area contributed by atoms with Gasteiger partial charge >= 0.3 is 6.18 Å². The molecule has 0 spiro atoms. The molecule has 23 heavy (non-hydrogen) atoms. The van der Waals surface area contributed by atoms with Crippen molar-refractivity contribution in [3.8, 4) is 0 Å². The highest BCUT2D eigenvalue weighted by Crippen LogP contribution is 2.29. The first-order chi connectivity index (χ1) is 10.8. The fourth-order valence-electron chi connectivity index (χ4n) is 2.13. The molecule has 1 aromatic heterocycles. The smallest absolute Gasteiger partial charge is 0.416 e. The number of hydrogen-bond donors (Lipinski definition) is 2. The van der Waals surface area contributed by atoms with Crippen molar-refractivity contribution in [1.82, 2.24) is 5.32 Å². The number of carbonyl (C=O) groups is 1. The lowest BCUT2D eigenvalue weighted by Crippen LogP contribution is -2.33. The lowest BCUT2D eigenvalue weighted by molar-refractivity contribution is -0.137. The van der Waals surface area contributed by atoms with E-state index in [0.717, 1.165) is 12.1 Å². The van der Waals surface area contributed by atoms with Gasteiger partial charge in [0, 0.05) is 18.0 Å². The highest BCUT2D eigenvalue weighted by Gasteiger charge is 2.31. The Bertz CT molecular complexity index is 653. The van der Waals surface area contributed by atoms with Crippen LogP contribution >= 0.6 is 0 Å². The van der Waals surface area contributed by atoms with Crippen LogP contribution in [0.4, 0.5) is 13.2 Å². The van der Waals surface area contributed by atoms with Crippen LogP contribution in [-0.4, -0.2) is 17.1 Å². The summed E-state index contributed by atoms with van der Waals surface area (Å²) in [5.74, 6) is -0.264. The van der Waals surface area contributed by atoms with Gasteiger partial charge in [-0.05, 0) is 37.3 Å². The molecule has 0 bridgehead atoms. The predicted molar refractivity (Wildman–Crippen MR) is 76.7 cm³/mol. The minimum Gasteiger partial charge on any atom is -0.467 e. The summed E-state index contributed by atoms with van der Waals surface area (Å²) in [6, 6.07) is 6.97. The summed E-state index contributed by atoms with van der Waals surface area (Å²) in [5, 5.41) is 12.5. The number of alkyl halides is 3. The Labute approximate surface area is 130 Å². The third-order valence-electron chi connectivity index (χ3n) is 3.28. The van der Waals surface area contributed by atoms with Crippen molar-refractivity contribution in [2.75, 3.05) is 0 Å². The van der Waals surface area contributed by atoms with E-state index in [2.05, 4.69) is 5.32 Å². The van der Waals surface area contributed by atoms with Crippen molar-refractivity contribution in [3.63, 3.8) is 0 Å². The average Bonchev–Trinajstić information content (AvgIpc) is 3.00. The van der Waals surface area contributed by atoms with Crippen LogP contribution in [-0.2, 0) is 6.18 Å². The van der Waals surface area contributed by atoms with Crippen molar-refractivity contribution in [3.05, 3.63) is 59.5 Å². The third kappa shape index (κ3) is 4.59. The van der Waals surface area contributed by atoms with Crippen LogP contribution in [0.1, 0.15) is 41.1 Å². The first-order valence-corrected chi connectivity index (χ1v) is 6.97. The summed E-state index contributed by atoms with van der Waals surface area (Å²) >= 11 is 0. The number of halogens is 3. The van der Waals surface area contributed by atoms with Crippen LogP contribution in [0.2, 0.25) is 0 Å². The van der Waals surface area contributed by atoms with Gasteiger partial charge in [0.1, 0.15) is 11.9 Å². The first kappa shape index (κ1) is 17.1. The normalized spacial score (nSPS) is 14.3. The highest BCUT2D eigenvalue weighted by molar-refractivity contribution is 5.94. The monoisotopic (exact) mass is 327 g/mol. The SMILES string of the molecule is CC(CC(O)c1ccco1)NC(=O)c1cccc(C(F)(F)F)c1. The number of aliphatic hydroxyl groups is 1. The Hall–Kier alpha value is -2.28. The molecule has 2 N–H and O–H groups in total. The van der Waals surface area contributed by atoms with Gasteiger partial charge in [-0.25, -0.2) is 0 Å². The van der Waals surface area contributed by atoms with Gasteiger partial charge in [-0.1, -0.05) is 6.07 Å². The maximum atomic E-state index is 12.6. The molecule has 1 heterocycles. The molecule has 0 radical (unpaired) electrons. The molecular weight excluding hydrogens is 311 g/mol. The summed E-state index contributed by atoms with van der Waals surface area (Å²) in [4.78, 5) is 12.0. The molecule has 2 aromatic rings. The van der Waals surface area contributed by atoms with Crippen molar-refractivity contribution in [1.29, 1.82) is 0 Å². The first-order valence-electron chi connectivity index (χ1n) is 6.97. The molecule has 4 nitrogen and oxygen atoms in total. The fraction of sp³-hybridized carbons (Fsp3) is 0.312. The Morgan fingerprint density at radius 1 is 1.30 bits per heavy atom. The number of benzene rings is 1. The summed E-state index contributed by atoms with van der Waals surface area (Å²) < 4.78 is 43.0. The van der Waals surface area contributed by atoms with E-state index in [0.29, 0.717) is 5.76 Å². The van der Waals surface area contributed by atoms with Crippen LogP contribution < -0.4 is 5.32 Å². The summed E-state index contributed by atoms with van der Waals surface area (Å²) in [6.45, 7) is 1.65. The molecule has 2 rings (SSSR count). The Morgan fingerprint density at radius 3 is 2.65 bits per heavy atom. The summed E-state index contributed by atoms with van der Waals surface area (Å²) in [6.07, 6.45) is -3.80. The van der Waals surface area contributed by atoms with Crippen LogP contribution in [0, 0.1) is 0 Å². The maximum Gasteiger partial charge on any atom is 0.416 e. The molecular formula is C16H16F3NO3. The molecule has 0 saturated heterocycles. The van der Waals surface area contributed by atoms with E-state index in [-0.39, 0.29) is 12.0 Å². The average molecular weight is 327 g/mol. The minimum absolute atomic E-state index is 0.0841. The van der Waals surface area contributed by atoms with Crippen molar-refractivity contribution >= 4 is 5.91 Å². The highest BCUT2D eigenvalue weighted by atomic mass is 19.4. The second-order valence-corrected chi connectivity index (χ2v) is 5.22. The van der Waals surface area contributed by atoms with E-state index in [4.69, 9.17) is 4.42 Å². The molecule has 1 amide bonds. The van der Waals surface area contributed by atoms with Gasteiger partial charge in [0.15, 0.2) is 0 Å². The topological polar surface area (TPSA) is 62.5 Å². The Kier molecular flexibility index (Phi) is 5.10. The predicted octanol–water partition coefficient (Wildman–Crippen LogP) is 3.54. The van der Waals surface area contributed by atoms with E-state index in [1.807, 2.05) is 0 Å². The molecule has 7 heteroatoms. The minimum atomic E-state index is -4.50. The second kappa shape index (κ2) is 6.87.